The molecule has 6 nitrogen and oxygen atoms in total. The van der Waals surface area contributed by atoms with Crippen LogP contribution in [0.3, 0.4) is 0 Å². The third-order valence-corrected chi connectivity index (χ3v) is 4.31. The van der Waals surface area contributed by atoms with Gasteiger partial charge >= 0.3 is 0 Å². The van der Waals surface area contributed by atoms with Gasteiger partial charge in [0.05, 0.1) is 11.7 Å². The fourth-order valence-corrected chi connectivity index (χ4v) is 3.21. The smallest absolute Gasteiger partial charge is 0.142 e. The van der Waals surface area contributed by atoms with E-state index in [0.29, 0.717) is 0 Å². The van der Waals surface area contributed by atoms with Gasteiger partial charge in [-0.3, -0.25) is 15.0 Å². The zero-order valence-corrected chi connectivity index (χ0v) is 13.5. The molecule has 0 amide bonds. The number of hydrogen-bond acceptors (Lipinski definition) is 5. The summed E-state index contributed by atoms with van der Waals surface area (Å²) < 4.78 is 0. The Morgan fingerprint density at radius 2 is 1.76 bits per heavy atom. The highest BCUT2D eigenvalue weighted by molar-refractivity contribution is 6.20. The number of aryl methyl sites for hydroxylation is 1. The van der Waals surface area contributed by atoms with Crippen LogP contribution in [-0.2, 0) is 0 Å². The second-order valence-corrected chi connectivity index (χ2v) is 5.96. The second-order valence-electron chi connectivity index (χ2n) is 5.96. The largest absolute Gasteiger partial charge is 0.339 e. The zero-order chi connectivity index (χ0) is 16.8. The predicted molar refractivity (Wildman–Crippen MR) is 99.0 cm³/mol. The molecular weight excluding hydrogens is 312 g/mol. The topological polar surface area (TPSA) is 79.4 Å². The van der Waals surface area contributed by atoms with Crippen molar-refractivity contribution >= 4 is 44.2 Å². The van der Waals surface area contributed by atoms with E-state index in [9.17, 15) is 0 Å². The number of H-pyrrole nitrogens is 1. The first-order chi connectivity index (χ1) is 12.3. The fourth-order valence-electron chi connectivity index (χ4n) is 3.21. The van der Waals surface area contributed by atoms with Crippen LogP contribution in [0, 0.1) is 6.92 Å². The Bertz CT molecular complexity index is 1240. The van der Waals surface area contributed by atoms with E-state index in [4.69, 9.17) is 4.98 Å². The van der Waals surface area contributed by atoms with Crippen LogP contribution in [0.25, 0.3) is 32.7 Å². The Balaban J connectivity index is 1.82. The Hall–Kier alpha value is -3.54. The van der Waals surface area contributed by atoms with Crippen LogP contribution in [-0.4, -0.2) is 24.9 Å². The molecule has 0 aliphatic carbocycles. The Kier molecular flexibility index (Phi) is 2.90. The second kappa shape index (κ2) is 5.24. The van der Waals surface area contributed by atoms with Crippen LogP contribution in [0.15, 0.2) is 55.2 Å². The summed E-state index contributed by atoms with van der Waals surface area (Å²) in [5, 5.41) is 7.67. The molecule has 120 valence electrons. The minimum Gasteiger partial charge on any atom is -0.339 e. The molecule has 5 rings (SSSR count). The summed E-state index contributed by atoms with van der Waals surface area (Å²) in [6, 6.07) is 7.95. The number of aromatic nitrogens is 5. The van der Waals surface area contributed by atoms with Gasteiger partial charge < -0.3 is 10.3 Å². The SMILES string of the molecule is Cc1cc(Nc2nc3[nH]c4cnccc4c3c3ccncc23)ccn1. The molecule has 0 atom stereocenters. The molecule has 2 N–H and O–H groups in total. The third-order valence-electron chi connectivity index (χ3n) is 4.31. The van der Waals surface area contributed by atoms with Crippen molar-refractivity contribution in [3.8, 4) is 0 Å². The molecule has 0 aliphatic rings. The van der Waals surface area contributed by atoms with Gasteiger partial charge in [-0.25, -0.2) is 4.98 Å². The number of nitrogens with one attached hydrogen (secondary N) is 2. The van der Waals surface area contributed by atoms with Crippen LogP contribution < -0.4 is 5.32 Å². The van der Waals surface area contributed by atoms with E-state index >= 15 is 0 Å². The minimum absolute atomic E-state index is 0.765. The van der Waals surface area contributed by atoms with Crippen molar-refractivity contribution in [1.82, 2.24) is 24.9 Å². The molecule has 0 bridgehead atoms. The van der Waals surface area contributed by atoms with E-state index in [-0.39, 0.29) is 0 Å². The molecule has 0 spiro atoms. The molecule has 0 aromatic carbocycles. The summed E-state index contributed by atoms with van der Waals surface area (Å²) in [5.41, 5.74) is 3.70. The molecule has 25 heavy (non-hydrogen) atoms. The lowest BCUT2D eigenvalue weighted by molar-refractivity contribution is 1.20. The van der Waals surface area contributed by atoms with Crippen molar-refractivity contribution in [1.29, 1.82) is 0 Å². The highest BCUT2D eigenvalue weighted by Crippen LogP contribution is 2.34. The molecule has 5 aromatic rings. The van der Waals surface area contributed by atoms with E-state index in [1.54, 1.807) is 12.4 Å². The highest BCUT2D eigenvalue weighted by atomic mass is 15.0. The number of nitrogens with zero attached hydrogens (tertiary/aromatic N) is 4. The van der Waals surface area contributed by atoms with Crippen molar-refractivity contribution in [2.24, 2.45) is 0 Å². The molecule has 0 fully saturated rings. The molecule has 0 unspecified atom stereocenters. The third kappa shape index (κ3) is 2.19. The predicted octanol–water partition coefficient (Wildman–Crippen LogP) is 4.11. The van der Waals surface area contributed by atoms with E-state index in [1.165, 1.54) is 0 Å². The van der Waals surface area contributed by atoms with Crippen molar-refractivity contribution < 1.29 is 0 Å². The van der Waals surface area contributed by atoms with E-state index in [1.807, 2.05) is 49.8 Å². The lowest BCUT2D eigenvalue weighted by atomic mass is 10.1. The molecule has 0 radical (unpaired) electrons. The van der Waals surface area contributed by atoms with Gasteiger partial charge in [0.25, 0.3) is 0 Å². The van der Waals surface area contributed by atoms with Gasteiger partial charge in [0.1, 0.15) is 11.5 Å². The summed E-state index contributed by atoms with van der Waals surface area (Å²) in [4.78, 5) is 20.9. The van der Waals surface area contributed by atoms with Crippen LogP contribution >= 0.6 is 0 Å². The van der Waals surface area contributed by atoms with E-state index < -0.39 is 0 Å². The lowest BCUT2D eigenvalue weighted by Gasteiger charge is -2.10. The quantitative estimate of drug-likeness (QED) is 0.510. The number of fused-ring (bicyclic) bond motifs is 5. The number of pyridine rings is 4. The van der Waals surface area contributed by atoms with Gasteiger partial charge in [0.2, 0.25) is 0 Å². The Labute approximate surface area is 143 Å². The van der Waals surface area contributed by atoms with Gasteiger partial charge in [-0.15, -0.1) is 0 Å². The van der Waals surface area contributed by atoms with Crippen LogP contribution in [0.5, 0.6) is 0 Å². The van der Waals surface area contributed by atoms with Gasteiger partial charge in [-0.05, 0) is 31.2 Å². The molecule has 5 aromatic heterocycles. The van der Waals surface area contributed by atoms with Crippen molar-refractivity contribution in [3.05, 3.63) is 60.9 Å². The normalized spacial score (nSPS) is 11.4. The summed E-state index contributed by atoms with van der Waals surface area (Å²) >= 11 is 0. The van der Waals surface area contributed by atoms with Gasteiger partial charge in [0.15, 0.2) is 0 Å². The first-order valence-electron chi connectivity index (χ1n) is 7.98. The Morgan fingerprint density at radius 3 is 2.64 bits per heavy atom. The van der Waals surface area contributed by atoms with Gasteiger partial charge in [-0.1, -0.05) is 0 Å². The number of hydrogen-bond donors (Lipinski definition) is 2. The molecule has 0 saturated heterocycles. The van der Waals surface area contributed by atoms with Crippen LogP contribution in [0.4, 0.5) is 11.5 Å². The lowest BCUT2D eigenvalue weighted by Crippen LogP contribution is -1.97. The average Bonchev–Trinajstić information content (AvgIpc) is 3.00. The van der Waals surface area contributed by atoms with Crippen LogP contribution in [0.2, 0.25) is 0 Å². The molecule has 6 heteroatoms. The van der Waals surface area contributed by atoms with Gasteiger partial charge in [-0.2, -0.15) is 0 Å². The molecular formula is C19H14N6. The number of anilines is 2. The maximum Gasteiger partial charge on any atom is 0.142 e. The van der Waals surface area contributed by atoms with E-state index in [2.05, 4.69) is 25.3 Å². The van der Waals surface area contributed by atoms with Crippen molar-refractivity contribution in [3.63, 3.8) is 0 Å². The highest BCUT2D eigenvalue weighted by Gasteiger charge is 2.13. The Morgan fingerprint density at radius 1 is 0.920 bits per heavy atom. The first kappa shape index (κ1) is 13.9. The minimum atomic E-state index is 0.765. The summed E-state index contributed by atoms with van der Waals surface area (Å²) in [7, 11) is 0. The summed E-state index contributed by atoms with van der Waals surface area (Å²) in [6.07, 6.45) is 9.06. The standard InChI is InChI=1S/C19H14N6/c1-11-8-12(2-7-22-11)23-18-15-9-20-5-3-13(15)17-14-4-6-21-10-16(14)24-19(17)25-18/h2-10H,1H3,(H2,22,23,24,25). The van der Waals surface area contributed by atoms with E-state index in [0.717, 1.165) is 49.9 Å². The van der Waals surface area contributed by atoms with Gasteiger partial charge in [0, 0.05) is 57.7 Å². The average molecular weight is 326 g/mol. The first-order valence-corrected chi connectivity index (χ1v) is 7.98. The summed E-state index contributed by atoms with van der Waals surface area (Å²) in [6.45, 7) is 1.96. The van der Waals surface area contributed by atoms with Crippen molar-refractivity contribution in [2.45, 2.75) is 6.92 Å². The monoisotopic (exact) mass is 326 g/mol. The molecule has 5 heterocycles. The van der Waals surface area contributed by atoms with Crippen LogP contribution in [0.1, 0.15) is 5.69 Å². The number of aromatic amines is 1. The fraction of sp³-hybridized carbons (Fsp3) is 0.0526. The van der Waals surface area contributed by atoms with Crippen molar-refractivity contribution in [2.75, 3.05) is 5.32 Å². The number of rotatable bonds is 2. The maximum atomic E-state index is 4.81. The maximum absolute atomic E-state index is 4.81. The molecule has 0 aliphatic heterocycles. The zero-order valence-electron chi connectivity index (χ0n) is 13.5. The summed E-state index contributed by atoms with van der Waals surface area (Å²) in [5.74, 6) is 0.765. The molecule has 0 saturated carbocycles.